The van der Waals surface area contributed by atoms with E-state index in [1.54, 1.807) is 39.8 Å². The molecule has 2 amide bonds. The smallest absolute Gasteiger partial charge is 0.326 e. The summed E-state index contributed by atoms with van der Waals surface area (Å²) in [6, 6.07) is 6.16. The first-order valence-electron chi connectivity index (χ1n) is 9.89. The highest BCUT2D eigenvalue weighted by Gasteiger charge is 2.71. The fourth-order valence-corrected chi connectivity index (χ4v) is 4.35. The molecule has 162 valence electrons. The molecule has 0 spiro atoms. The lowest BCUT2D eigenvalue weighted by molar-refractivity contribution is -0.190. The Morgan fingerprint density at radius 1 is 1.17 bits per heavy atom. The molecule has 3 rings (SSSR count). The Morgan fingerprint density at radius 2 is 1.80 bits per heavy atom. The fourth-order valence-electron chi connectivity index (χ4n) is 4.35. The molecule has 30 heavy (non-hydrogen) atoms. The first-order chi connectivity index (χ1) is 13.9. The third-order valence-corrected chi connectivity index (χ3v) is 5.68. The van der Waals surface area contributed by atoms with Crippen molar-refractivity contribution in [3.63, 3.8) is 0 Å². The summed E-state index contributed by atoms with van der Waals surface area (Å²) in [6.07, 6.45) is -4.74. The van der Waals surface area contributed by atoms with Crippen LogP contribution >= 0.6 is 0 Å². The number of ketones is 1. The van der Waals surface area contributed by atoms with E-state index < -0.39 is 40.3 Å². The average Bonchev–Trinajstić information content (AvgIpc) is 2.84. The third kappa shape index (κ3) is 3.32. The number of aryl methyl sites for hydroxylation is 1. The van der Waals surface area contributed by atoms with E-state index in [2.05, 4.69) is 0 Å². The topological polar surface area (TPSA) is 66.5 Å². The molecule has 2 aliphatic rings. The Balaban J connectivity index is 2.21. The molecule has 1 heterocycles. The van der Waals surface area contributed by atoms with Crippen LogP contribution in [0.4, 0.5) is 13.2 Å². The van der Waals surface area contributed by atoms with E-state index >= 15 is 0 Å². The molecule has 0 aromatic heterocycles. The highest BCUT2D eigenvalue weighted by molar-refractivity contribution is 6.14. The quantitative estimate of drug-likeness (QED) is 0.800. The van der Waals surface area contributed by atoms with Crippen molar-refractivity contribution < 1.29 is 27.6 Å². The van der Waals surface area contributed by atoms with E-state index in [0.29, 0.717) is 12.0 Å². The molecule has 1 aromatic carbocycles. The number of hydrogen-bond donors (Lipinski definition) is 1. The van der Waals surface area contributed by atoms with Gasteiger partial charge in [-0.2, -0.15) is 13.2 Å². The van der Waals surface area contributed by atoms with Crippen LogP contribution in [0.2, 0.25) is 0 Å². The Kier molecular flexibility index (Phi) is 5.33. The van der Waals surface area contributed by atoms with Crippen molar-refractivity contribution in [1.29, 1.82) is 0 Å². The minimum absolute atomic E-state index is 0.0219. The van der Waals surface area contributed by atoms with Crippen LogP contribution in [-0.2, 0) is 9.59 Å². The molecule has 8 heteroatoms. The van der Waals surface area contributed by atoms with Gasteiger partial charge < -0.3 is 10.2 Å². The maximum Gasteiger partial charge on any atom is 0.425 e. The lowest BCUT2D eigenvalue weighted by atomic mass is 9.72. The number of benzene rings is 1. The molecule has 0 bridgehead atoms. The molecule has 0 radical (unpaired) electrons. The second kappa shape index (κ2) is 7.25. The summed E-state index contributed by atoms with van der Waals surface area (Å²) in [7, 11) is 0. The Hall–Kier alpha value is -2.64. The maximum absolute atomic E-state index is 14.5. The lowest BCUT2D eigenvalue weighted by Crippen LogP contribution is -2.66. The van der Waals surface area contributed by atoms with Gasteiger partial charge in [0.25, 0.3) is 11.8 Å². The Labute approximate surface area is 173 Å². The molecule has 1 aromatic rings. The van der Waals surface area contributed by atoms with E-state index in [0.717, 1.165) is 4.90 Å². The second-order valence-electron chi connectivity index (χ2n) is 8.74. The van der Waals surface area contributed by atoms with Gasteiger partial charge in [0.15, 0.2) is 5.78 Å². The molecule has 5 nitrogen and oxygen atoms in total. The lowest BCUT2D eigenvalue weighted by Gasteiger charge is -2.35. The van der Waals surface area contributed by atoms with Gasteiger partial charge in [-0.05, 0) is 36.8 Å². The van der Waals surface area contributed by atoms with Crippen molar-refractivity contribution in [1.82, 2.24) is 10.2 Å². The van der Waals surface area contributed by atoms with Gasteiger partial charge in [-0.1, -0.05) is 39.0 Å². The number of alkyl halides is 3. The summed E-state index contributed by atoms with van der Waals surface area (Å²) in [4.78, 5) is 40.1. The summed E-state index contributed by atoms with van der Waals surface area (Å²) in [5.74, 6) is -3.10. The first-order valence-corrected chi connectivity index (χ1v) is 9.89. The highest BCUT2D eigenvalue weighted by Crippen LogP contribution is 2.51. The minimum Gasteiger partial charge on any atom is -0.326 e. The van der Waals surface area contributed by atoms with Gasteiger partial charge in [0.1, 0.15) is 0 Å². The van der Waals surface area contributed by atoms with Crippen LogP contribution in [0.3, 0.4) is 0 Å². The highest BCUT2D eigenvalue weighted by atomic mass is 19.4. The minimum atomic E-state index is -5.18. The SMILES string of the molecule is CCCN1C(=O)C(NC(=O)c2ccccc2C)(C(F)(F)F)C2=C1CC(C)(C)CC2=O. The standard InChI is InChI=1S/C22H25F3N2O3/c1-5-10-27-15-11-20(3,4)12-16(28)17(15)21(19(27)30,22(23,24)25)26-18(29)14-9-7-6-8-13(14)2/h6-9H,5,10-12H2,1-4H3,(H,26,29). The summed E-state index contributed by atoms with van der Waals surface area (Å²) < 4.78 is 43.6. The number of halogens is 3. The zero-order chi connectivity index (χ0) is 22.5. The van der Waals surface area contributed by atoms with Crippen LogP contribution in [0, 0.1) is 12.3 Å². The van der Waals surface area contributed by atoms with Crippen molar-refractivity contribution in [2.24, 2.45) is 5.41 Å². The number of nitrogens with zero attached hydrogens (tertiary/aromatic N) is 1. The number of nitrogens with one attached hydrogen (secondary N) is 1. The Bertz CT molecular complexity index is 949. The van der Waals surface area contributed by atoms with Crippen molar-refractivity contribution in [3.8, 4) is 0 Å². The van der Waals surface area contributed by atoms with Gasteiger partial charge in [0.05, 0.1) is 5.57 Å². The molecule has 1 unspecified atom stereocenters. The van der Waals surface area contributed by atoms with Gasteiger partial charge in [-0.15, -0.1) is 0 Å². The molecule has 0 fully saturated rings. The summed E-state index contributed by atoms with van der Waals surface area (Å²) >= 11 is 0. The number of amides is 2. The number of hydrogen-bond acceptors (Lipinski definition) is 3. The van der Waals surface area contributed by atoms with Crippen LogP contribution in [0.25, 0.3) is 0 Å². The van der Waals surface area contributed by atoms with Crippen LogP contribution in [-0.4, -0.2) is 40.8 Å². The molecular weight excluding hydrogens is 397 g/mol. The zero-order valence-corrected chi connectivity index (χ0v) is 17.4. The van der Waals surface area contributed by atoms with Crippen LogP contribution in [0.1, 0.15) is 56.0 Å². The number of carbonyl (C=O) groups is 3. The number of carbonyl (C=O) groups excluding carboxylic acids is 3. The van der Waals surface area contributed by atoms with Crippen molar-refractivity contribution in [3.05, 3.63) is 46.7 Å². The predicted octanol–water partition coefficient (Wildman–Crippen LogP) is 3.92. The number of Topliss-reactive ketones (excluding diaryl/α,β-unsaturated/α-hetero) is 1. The van der Waals surface area contributed by atoms with Gasteiger partial charge in [0, 0.05) is 24.2 Å². The molecule has 0 saturated heterocycles. The van der Waals surface area contributed by atoms with Gasteiger partial charge >= 0.3 is 6.18 Å². The largest absolute Gasteiger partial charge is 0.425 e. The number of rotatable bonds is 4. The van der Waals surface area contributed by atoms with Crippen LogP contribution < -0.4 is 5.32 Å². The van der Waals surface area contributed by atoms with Crippen molar-refractivity contribution in [2.75, 3.05) is 6.54 Å². The molecule has 0 saturated carbocycles. The van der Waals surface area contributed by atoms with Gasteiger partial charge in [-0.25, -0.2) is 0 Å². The van der Waals surface area contributed by atoms with E-state index in [4.69, 9.17) is 0 Å². The van der Waals surface area contributed by atoms with Crippen LogP contribution in [0.15, 0.2) is 35.5 Å². The van der Waals surface area contributed by atoms with Crippen molar-refractivity contribution >= 4 is 17.6 Å². The number of allylic oxidation sites excluding steroid dienone is 1. The summed E-state index contributed by atoms with van der Waals surface area (Å²) in [5, 5.41) is 1.95. The average molecular weight is 422 g/mol. The maximum atomic E-state index is 14.5. The predicted molar refractivity (Wildman–Crippen MR) is 104 cm³/mol. The molecule has 1 aliphatic heterocycles. The third-order valence-electron chi connectivity index (χ3n) is 5.68. The van der Waals surface area contributed by atoms with Crippen LogP contribution in [0.5, 0.6) is 0 Å². The summed E-state index contributed by atoms with van der Waals surface area (Å²) in [6.45, 7) is 6.93. The van der Waals surface area contributed by atoms with Crippen molar-refractivity contribution in [2.45, 2.75) is 58.7 Å². The molecule has 1 atom stereocenters. The van der Waals surface area contributed by atoms with Gasteiger partial charge in [0.2, 0.25) is 5.54 Å². The normalized spacial score (nSPS) is 23.6. The zero-order valence-electron chi connectivity index (χ0n) is 17.4. The van der Waals surface area contributed by atoms with E-state index in [-0.39, 0.29) is 30.6 Å². The second-order valence-corrected chi connectivity index (χ2v) is 8.74. The van der Waals surface area contributed by atoms with Gasteiger partial charge in [-0.3, -0.25) is 14.4 Å². The first kappa shape index (κ1) is 22.1. The van der Waals surface area contributed by atoms with E-state index in [1.807, 2.05) is 5.32 Å². The molecule has 1 aliphatic carbocycles. The summed E-state index contributed by atoms with van der Waals surface area (Å²) in [5.41, 5.74) is -4.02. The fraction of sp³-hybridized carbons (Fsp3) is 0.500. The van der Waals surface area contributed by atoms with E-state index in [9.17, 15) is 27.6 Å². The Morgan fingerprint density at radius 3 is 2.37 bits per heavy atom. The van der Waals surface area contributed by atoms with E-state index in [1.165, 1.54) is 12.1 Å². The molecule has 1 N–H and O–H groups in total. The molecular formula is C22H25F3N2O3. The monoisotopic (exact) mass is 422 g/mol.